The molecule has 1 aliphatic heterocycles. The van der Waals surface area contributed by atoms with Crippen molar-refractivity contribution in [2.75, 3.05) is 6.54 Å². The summed E-state index contributed by atoms with van der Waals surface area (Å²) in [5.74, 6) is 1.81. The van der Waals surface area contributed by atoms with Gasteiger partial charge < -0.3 is 10.1 Å². The van der Waals surface area contributed by atoms with E-state index in [1.165, 1.54) is 32.1 Å². The molecule has 0 saturated heterocycles. The molecule has 2 aliphatic rings. The van der Waals surface area contributed by atoms with Crippen molar-refractivity contribution < 1.29 is 9.53 Å². The molecule has 1 aromatic carbocycles. The van der Waals surface area contributed by atoms with Crippen LogP contribution in [0.15, 0.2) is 18.2 Å². The van der Waals surface area contributed by atoms with Gasteiger partial charge in [0.25, 0.3) is 5.91 Å². The molecule has 1 fully saturated rings. The molecule has 21 heavy (non-hydrogen) atoms. The van der Waals surface area contributed by atoms with Gasteiger partial charge in [-0.25, -0.2) is 0 Å². The van der Waals surface area contributed by atoms with Crippen LogP contribution in [0.3, 0.4) is 0 Å². The molecule has 1 heterocycles. The Balaban J connectivity index is 1.68. The summed E-state index contributed by atoms with van der Waals surface area (Å²) in [7, 11) is 0. The monoisotopic (exact) mass is 287 g/mol. The van der Waals surface area contributed by atoms with Crippen molar-refractivity contribution in [3.63, 3.8) is 0 Å². The summed E-state index contributed by atoms with van der Waals surface area (Å²) in [6, 6.07) is 5.91. The minimum Gasteiger partial charge on any atom is -0.489 e. The maximum atomic E-state index is 12.5. The molecular formula is C18H25NO2. The van der Waals surface area contributed by atoms with Crippen molar-refractivity contribution in [1.82, 2.24) is 5.32 Å². The second-order valence-electron chi connectivity index (χ2n) is 6.55. The first-order valence-electron chi connectivity index (χ1n) is 8.24. The van der Waals surface area contributed by atoms with Crippen LogP contribution < -0.4 is 10.1 Å². The fourth-order valence-electron chi connectivity index (χ4n) is 3.49. The van der Waals surface area contributed by atoms with Crippen LogP contribution in [-0.4, -0.2) is 18.6 Å². The zero-order chi connectivity index (χ0) is 14.8. The van der Waals surface area contributed by atoms with Crippen LogP contribution in [0.5, 0.6) is 5.75 Å². The summed E-state index contributed by atoms with van der Waals surface area (Å²) >= 11 is 0. The number of amides is 1. The van der Waals surface area contributed by atoms with Gasteiger partial charge in [0.15, 0.2) is 0 Å². The fraction of sp³-hybridized carbons (Fsp3) is 0.611. The van der Waals surface area contributed by atoms with Gasteiger partial charge in [-0.15, -0.1) is 0 Å². The Labute approximate surface area is 127 Å². The van der Waals surface area contributed by atoms with Crippen LogP contribution in [0.25, 0.3) is 0 Å². The van der Waals surface area contributed by atoms with Crippen molar-refractivity contribution in [2.24, 2.45) is 5.92 Å². The SMILES string of the molecule is CC1Oc2c(C(=O)NCC3CCCCC3)cccc2C1C. The molecule has 0 radical (unpaired) electrons. The van der Waals surface area contributed by atoms with E-state index in [0.717, 1.165) is 17.9 Å². The van der Waals surface area contributed by atoms with E-state index in [2.05, 4.69) is 25.2 Å². The largest absolute Gasteiger partial charge is 0.489 e. The van der Waals surface area contributed by atoms with Crippen LogP contribution >= 0.6 is 0 Å². The summed E-state index contributed by atoms with van der Waals surface area (Å²) in [6.45, 7) is 5.02. The van der Waals surface area contributed by atoms with Crippen molar-refractivity contribution in [3.8, 4) is 5.75 Å². The van der Waals surface area contributed by atoms with Gasteiger partial charge in [-0.05, 0) is 31.7 Å². The van der Waals surface area contributed by atoms with Crippen molar-refractivity contribution >= 4 is 5.91 Å². The van der Waals surface area contributed by atoms with E-state index in [-0.39, 0.29) is 12.0 Å². The lowest BCUT2D eigenvalue weighted by molar-refractivity contribution is 0.0938. The third kappa shape index (κ3) is 2.92. The van der Waals surface area contributed by atoms with E-state index in [4.69, 9.17) is 4.74 Å². The van der Waals surface area contributed by atoms with Crippen molar-refractivity contribution in [3.05, 3.63) is 29.3 Å². The van der Waals surface area contributed by atoms with E-state index in [0.29, 0.717) is 17.4 Å². The number of fused-ring (bicyclic) bond motifs is 1. The highest BCUT2D eigenvalue weighted by molar-refractivity contribution is 5.97. The first-order valence-corrected chi connectivity index (χ1v) is 8.24. The molecule has 2 atom stereocenters. The van der Waals surface area contributed by atoms with Crippen LogP contribution in [0, 0.1) is 5.92 Å². The smallest absolute Gasteiger partial charge is 0.255 e. The maximum Gasteiger partial charge on any atom is 0.255 e. The van der Waals surface area contributed by atoms with Crippen LogP contribution in [-0.2, 0) is 0 Å². The first kappa shape index (κ1) is 14.4. The summed E-state index contributed by atoms with van der Waals surface area (Å²) in [4.78, 5) is 12.5. The lowest BCUT2D eigenvalue weighted by atomic mass is 9.89. The molecule has 1 saturated carbocycles. The number of ether oxygens (including phenoxy) is 1. The molecule has 0 bridgehead atoms. The lowest BCUT2D eigenvalue weighted by Gasteiger charge is -2.22. The molecule has 3 nitrogen and oxygen atoms in total. The lowest BCUT2D eigenvalue weighted by Crippen LogP contribution is -2.30. The maximum absolute atomic E-state index is 12.5. The Morgan fingerprint density at radius 2 is 2.00 bits per heavy atom. The summed E-state index contributed by atoms with van der Waals surface area (Å²) < 4.78 is 5.90. The number of para-hydroxylation sites is 1. The minimum absolute atomic E-state index is 0.0127. The Morgan fingerprint density at radius 3 is 2.76 bits per heavy atom. The van der Waals surface area contributed by atoms with E-state index >= 15 is 0 Å². The highest BCUT2D eigenvalue weighted by Crippen LogP contribution is 2.40. The fourth-order valence-corrected chi connectivity index (χ4v) is 3.49. The number of carbonyl (C=O) groups excluding carboxylic acids is 1. The molecule has 1 N–H and O–H groups in total. The van der Waals surface area contributed by atoms with Gasteiger partial charge in [0.2, 0.25) is 0 Å². The summed E-state index contributed by atoms with van der Waals surface area (Å²) in [5, 5.41) is 3.11. The summed E-state index contributed by atoms with van der Waals surface area (Å²) in [6.07, 6.45) is 6.60. The molecular weight excluding hydrogens is 262 g/mol. The van der Waals surface area contributed by atoms with Crippen molar-refractivity contribution in [1.29, 1.82) is 0 Å². The quantitative estimate of drug-likeness (QED) is 0.916. The van der Waals surface area contributed by atoms with Gasteiger partial charge in [0, 0.05) is 18.0 Å². The van der Waals surface area contributed by atoms with E-state index in [9.17, 15) is 4.79 Å². The predicted molar refractivity (Wildman–Crippen MR) is 83.9 cm³/mol. The Bertz CT molecular complexity index is 520. The van der Waals surface area contributed by atoms with E-state index in [1.807, 2.05) is 12.1 Å². The molecule has 0 spiro atoms. The molecule has 3 rings (SSSR count). The van der Waals surface area contributed by atoms with Gasteiger partial charge in [-0.1, -0.05) is 38.3 Å². The molecule has 0 aromatic heterocycles. The number of hydrogen-bond acceptors (Lipinski definition) is 2. The van der Waals surface area contributed by atoms with Gasteiger partial charge >= 0.3 is 0 Å². The summed E-state index contributed by atoms with van der Waals surface area (Å²) in [5.41, 5.74) is 1.85. The van der Waals surface area contributed by atoms with Gasteiger partial charge in [-0.3, -0.25) is 4.79 Å². The molecule has 2 unspecified atom stereocenters. The van der Waals surface area contributed by atoms with Crippen LogP contribution in [0.1, 0.15) is 67.8 Å². The second-order valence-corrected chi connectivity index (χ2v) is 6.55. The van der Waals surface area contributed by atoms with E-state index < -0.39 is 0 Å². The number of nitrogens with one attached hydrogen (secondary N) is 1. The first-order chi connectivity index (χ1) is 10.2. The number of hydrogen-bond donors (Lipinski definition) is 1. The highest BCUT2D eigenvalue weighted by atomic mass is 16.5. The van der Waals surface area contributed by atoms with Gasteiger partial charge in [-0.2, -0.15) is 0 Å². The third-order valence-electron chi connectivity index (χ3n) is 5.06. The second kappa shape index (κ2) is 6.08. The van der Waals surface area contributed by atoms with E-state index in [1.54, 1.807) is 0 Å². The molecule has 1 aliphatic carbocycles. The number of rotatable bonds is 3. The Kier molecular flexibility index (Phi) is 4.18. The average Bonchev–Trinajstić information content (AvgIpc) is 2.81. The van der Waals surface area contributed by atoms with Gasteiger partial charge in [0.1, 0.15) is 11.9 Å². The van der Waals surface area contributed by atoms with Crippen molar-refractivity contribution in [2.45, 2.75) is 58.0 Å². The Hall–Kier alpha value is -1.51. The minimum atomic E-state index is 0.0127. The van der Waals surface area contributed by atoms with Crippen LogP contribution in [0.2, 0.25) is 0 Å². The standard InChI is InChI=1S/C18H25NO2/c1-12-13(2)21-17-15(12)9-6-10-16(17)18(20)19-11-14-7-4-3-5-8-14/h6,9-10,12-14H,3-5,7-8,11H2,1-2H3,(H,19,20). The Morgan fingerprint density at radius 1 is 1.24 bits per heavy atom. The van der Waals surface area contributed by atoms with Crippen LogP contribution in [0.4, 0.5) is 0 Å². The zero-order valence-electron chi connectivity index (χ0n) is 13.0. The topological polar surface area (TPSA) is 38.3 Å². The highest BCUT2D eigenvalue weighted by Gasteiger charge is 2.31. The number of benzene rings is 1. The molecule has 1 amide bonds. The molecule has 3 heteroatoms. The normalized spacial score (nSPS) is 25.2. The predicted octanol–water partition coefficient (Wildman–Crippen LogP) is 3.88. The molecule has 114 valence electrons. The molecule has 1 aromatic rings. The zero-order valence-corrected chi connectivity index (χ0v) is 13.0. The third-order valence-corrected chi connectivity index (χ3v) is 5.06. The average molecular weight is 287 g/mol. The number of carbonyl (C=O) groups is 1. The van der Waals surface area contributed by atoms with Gasteiger partial charge in [0.05, 0.1) is 5.56 Å².